The number of sulfonamides is 1. The number of hydrogen-bond acceptors (Lipinski definition) is 6. The lowest BCUT2D eigenvalue weighted by Gasteiger charge is -2.26. The molecule has 0 spiro atoms. The molecule has 9 heteroatoms. The number of Topliss-reactive ketones (excluding diaryl/α,β-unsaturated/α-hetero) is 1. The van der Waals surface area contributed by atoms with Gasteiger partial charge < -0.3 is 14.5 Å². The number of benzene rings is 2. The minimum Gasteiger partial charge on any atom is -0.497 e. The number of methoxy groups -OCH3 is 1. The number of aryl methyl sites for hydroxylation is 2. The molecule has 0 aliphatic carbocycles. The van der Waals surface area contributed by atoms with Gasteiger partial charge >= 0.3 is 0 Å². The molecular weight excluding hydrogens is 478 g/mol. The quantitative estimate of drug-likeness (QED) is 0.484. The van der Waals surface area contributed by atoms with E-state index < -0.39 is 10.0 Å². The Morgan fingerprint density at radius 2 is 1.69 bits per heavy atom. The molecule has 196 valence electrons. The number of ketones is 1. The summed E-state index contributed by atoms with van der Waals surface area (Å²) >= 11 is 0. The molecule has 1 aliphatic rings. The van der Waals surface area contributed by atoms with Gasteiger partial charge in [0.25, 0.3) is 0 Å². The Bertz CT molecular complexity index is 1220. The van der Waals surface area contributed by atoms with Crippen molar-refractivity contribution >= 4 is 21.7 Å². The van der Waals surface area contributed by atoms with Crippen molar-refractivity contribution in [2.75, 3.05) is 41.3 Å². The number of carbonyl (C=O) groups is 2. The molecule has 1 heterocycles. The van der Waals surface area contributed by atoms with Crippen molar-refractivity contribution in [1.29, 1.82) is 0 Å². The second-order valence-corrected chi connectivity index (χ2v) is 11.7. The van der Waals surface area contributed by atoms with Crippen molar-refractivity contribution in [1.82, 2.24) is 14.1 Å². The zero-order valence-corrected chi connectivity index (χ0v) is 22.9. The molecule has 0 saturated heterocycles. The van der Waals surface area contributed by atoms with Crippen LogP contribution in [0, 0.1) is 13.8 Å². The van der Waals surface area contributed by atoms with Gasteiger partial charge in [-0.25, -0.2) is 8.42 Å². The summed E-state index contributed by atoms with van der Waals surface area (Å²) in [7, 11) is 2.87. The summed E-state index contributed by atoms with van der Waals surface area (Å²) in [4.78, 5) is 29.3. The van der Waals surface area contributed by atoms with E-state index in [9.17, 15) is 18.0 Å². The highest BCUT2D eigenvalue weighted by Crippen LogP contribution is 2.28. The highest BCUT2D eigenvalue weighted by molar-refractivity contribution is 7.89. The summed E-state index contributed by atoms with van der Waals surface area (Å²) < 4.78 is 32.5. The van der Waals surface area contributed by atoms with Gasteiger partial charge in [0.2, 0.25) is 15.9 Å². The van der Waals surface area contributed by atoms with E-state index in [0.717, 1.165) is 29.4 Å². The number of ether oxygens (including phenoxy) is 1. The maximum atomic E-state index is 13.1. The number of nitrogens with zero attached hydrogens (tertiary/aromatic N) is 3. The minimum atomic E-state index is -3.87. The lowest BCUT2D eigenvalue weighted by molar-refractivity contribution is -0.132. The number of carbonyl (C=O) groups excluding carboxylic acids is 2. The Morgan fingerprint density at radius 3 is 2.33 bits per heavy atom. The third-order valence-electron chi connectivity index (χ3n) is 6.67. The first-order valence-corrected chi connectivity index (χ1v) is 13.5. The predicted molar refractivity (Wildman–Crippen MR) is 139 cm³/mol. The third-order valence-corrected chi connectivity index (χ3v) is 8.78. The van der Waals surface area contributed by atoms with Crippen LogP contribution in [-0.4, -0.2) is 75.6 Å². The molecule has 2 aromatic carbocycles. The molecular formula is C27H37N3O5S. The topological polar surface area (TPSA) is 87.2 Å². The number of rotatable bonds is 10. The number of hydrogen-bond donors (Lipinski definition) is 0. The van der Waals surface area contributed by atoms with Gasteiger partial charge in [0.1, 0.15) is 11.5 Å². The van der Waals surface area contributed by atoms with E-state index in [4.69, 9.17) is 4.74 Å². The number of fused-ring (bicyclic) bond motifs is 1. The van der Waals surface area contributed by atoms with E-state index in [1.807, 2.05) is 0 Å². The number of likely N-dealkylation sites (N-methyl/N-ethyl adjacent to an activating group) is 2. The molecule has 8 nitrogen and oxygen atoms in total. The first-order chi connectivity index (χ1) is 16.9. The van der Waals surface area contributed by atoms with Crippen molar-refractivity contribution < 1.29 is 22.7 Å². The van der Waals surface area contributed by atoms with Crippen LogP contribution >= 0.6 is 0 Å². The highest BCUT2D eigenvalue weighted by Gasteiger charge is 2.27. The first-order valence-electron chi connectivity index (χ1n) is 12.1. The summed E-state index contributed by atoms with van der Waals surface area (Å²) in [5.41, 5.74) is 4.82. The molecule has 3 rings (SSSR count). The molecule has 0 fully saturated rings. The standard InChI is InChI=1S/C27H37N3O5S/c1-19-13-25(35-6)14-20(2)27(19)36(33,34)30(5)18-24(31)9-10-26(32)29(4)16-21-7-8-22-11-12-28(3)17-23(22)15-21/h7-8,13-15H,9-12,16-18H2,1-6H3. The van der Waals surface area contributed by atoms with Crippen LogP contribution in [0.5, 0.6) is 5.75 Å². The van der Waals surface area contributed by atoms with Gasteiger partial charge in [-0.3, -0.25) is 9.59 Å². The summed E-state index contributed by atoms with van der Waals surface area (Å²) in [5, 5.41) is 0. The largest absolute Gasteiger partial charge is 0.497 e. The second kappa shape index (κ2) is 11.5. The number of amides is 1. The van der Waals surface area contributed by atoms with Crippen LogP contribution in [0.2, 0.25) is 0 Å². The Hall–Kier alpha value is -2.75. The van der Waals surface area contributed by atoms with Crippen LogP contribution in [0.3, 0.4) is 0 Å². The van der Waals surface area contributed by atoms with Crippen LogP contribution < -0.4 is 4.74 Å². The maximum Gasteiger partial charge on any atom is 0.243 e. The fraction of sp³-hybridized carbons (Fsp3) is 0.481. The molecule has 0 unspecified atom stereocenters. The molecule has 1 amide bonds. The van der Waals surface area contributed by atoms with E-state index in [1.165, 1.54) is 25.3 Å². The molecule has 0 N–H and O–H groups in total. The summed E-state index contributed by atoms with van der Waals surface area (Å²) in [6.45, 7) is 5.54. The average Bonchev–Trinajstić information content (AvgIpc) is 2.81. The van der Waals surface area contributed by atoms with Crippen LogP contribution in [0.1, 0.15) is 40.7 Å². The molecule has 1 aliphatic heterocycles. The van der Waals surface area contributed by atoms with Crippen molar-refractivity contribution in [2.45, 2.75) is 51.1 Å². The summed E-state index contributed by atoms with van der Waals surface area (Å²) in [6.07, 6.45) is 1.06. The minimum absolute atomic E-state index is 0.0153. The lowest BCUT2D eigenvalue weighted by atomic mass is 9.97. The van der Waals surface area contributed by atoms with Crippen molar-refractivity contribution in [2.24, 2.45) is 0 Å². The summed E-state index contributed by atoms with van der Waals surface area (Å²) in [6, 6.07) is 9.67. The van der Waals surface area contributed by atoms with E-state index >= 15 is 0 Å². The molecule has 2 aromatic rings. The fourth-order valence-corrected chi connectivity index (χ4v) is 6.21. The molecule has 0 saturated carbocycles. The Morgan fingerprint density at radius 1 is 1.03 bits per heavy atom. The molecule has 0 radical (unpaired) electrons. The normalized spacial score (nSPS) is 14.0. The second-order valence-electron chi connectivity index (χ2n) is 9.73. The third kappa shape index (κ3) is 6.52. The van der Waals surface area contributed by atoms with Crippen LogP contribution in [0.15, 0.2) is 35.2 Å². The monoisotopic (exact) mass is 515 g/mol. The Labute approximate surface area is 214 Å². The fourth-order valence-electron chi connectivity index (χ4n) is 4.65. The SMILES string of the molecule is COc1cc(C)c(S(=O)(=O)N(C)CC(=O)CCC(=O)N(C)Cc2ccc3c(c2)CN(C)CC3)c(C)c1. The predicted octanol–water partition coefficient (Wildman–Crippen LogP) is 2.93. The lowest BCUT2D eigenvalue weighted by Crippen LogP contribution is -2.34. The zero-order chi connectivity index (χ0) is 26.6. The van der Waals surface area contributed by atoms with Gasteiger partial charge in [-0.05, 0) is 67.3 Å². The van der Waals surface area contributed by atoms with E-state index in [0.29, 0.717) is 23.4 Å². The van der Waals surface area contributed by atoms with E-state index in [2.05, 4.69) is 30.1 Å². The van der Waals surface area contributed by atoms with Gasteiger partial charge in [0.15, 0.2) is 0 Å². The Kier molecular flexibility index (Phi) is 8.92. The van der Waals surface area contributed by atoms with Gasteiger partial charge in [-0.15, -0.1) is 0 Å². The average molecular weight is 516 g/mol. The van der Waals surface area contributed by atoms with Gasteiger partial charge in [0.05, 0.1) is 18.6 Å². The van der Waals surface area contributed by atoms with Gasteiger partial charge in [-0.2, -0.15) is 4.31 Å². The van der Waals surface area contributed by atoms with Crippen molar-refractivity contribution in [3.63, 3.8) is 0 Å². The van der Waals surface area contributed by atoms with E-state index in [-0.39, 0.29) is 36.0 Å². The van der Waals surface area contributed by atoms with E-state index in [1.54, 1.807) is 37.9 Å². The van der Waals surface area contributed by atoms with Crippen molar-refractivity contribution in [3.8, 4) is 5.75 Å². The smallest absolute Gasteiger partial charge is 0.243 e. The van der Waals surface area contributed by atoms with Gasteiger partial charge in [-0.1, -0.05) is 18.2 Å². The van der Waals surface area contributed by atoms with Crippen LogP contribution in [-0.2, 0) is 39.1 Å². The van der Waals surface area contributed by atoms with Crippen LogP contribution in [0.25, 0.3) is 0 Å². The summed E-state index contributed by atoms with van der Waals surface area (Å²) in [5.74, 6) is 0.127. The maximum absolute atomic E-state index is 13.1. The molecule has 0 aromatic heterocycles. The van der Waals surface area contributed by atoms with Gasteiger partial charge in [0, 0.05) is 46.6 Å². The Balaban J connectivity index is 1.55. The highest BCUT2D eigenvalue weighted by atomic mass is 32.2. The van der Waals surface area contributed by atoms with Crippen molar-refractivity contribution in [3.05, 3.63) is 58.1 Å². The first kappa shape index (κ1) is 27.8. The molecule has 0 bridgehead atoms. The van der Waals surface area contributed by atoms with Crippen LogP contribution in [0.4, 0.5) is 0 Å². The molecule has 36 heavy (non-hydrogen) atoms. The zero-order valence-electron chi connectivity index (χ0n) is 22.1. The molecule has 0 atom stereocenters.